The van der Waals surface area contributed by atoms with Crippen molar-refractivity contribution in [2.45, 2.75) is 25.4 Å². The van der Waals surface area contributed by atoms with Gasteiger partial charge in [0.25, 0.3) is 5.91 Å². The number of carbonyl (C=O) groups excluding carboxylic acids is 4. The fraction of sp³-hybridized carbons (Fsp3) is 0.273. The van der Waals surface area contributed by atoms with E-state index in [0.717, 1.165) is 15.7 Å². The van der Waals surface area contributed by atoms with Crippen LogP contribution in [0.3, 0.4) is 0 Å². The summed E-state index contributed by atoms with van der Waals surface area (Å²) in [6, 6.07) is 14.0. The maximum absolute atomic E-state index is 12.7. The maximum atomic E-state index is 12.7. The molecule has 3 N–H and O–H groups in total. The molecule has 0 radical (unpaired) electrons. The normalized spacial score (nSPS) is 23.0. The van der Waals surface area contributed by atoms with Crippen LogP contribution in [0.25, 0.3) is 0 Å². The number of imide groups is 1. The van der Waals surface area contributed by atoms with Gasteiger partial charge >= 0.3 is 6.03 Å². The van der Waals surface area contributed by atoms with Gasteiger partial charge in [0.05, 0.1) is 11.6 Å². The molecule has 2 saturated heterocycles. The summed E-state index contributed by atoms with van der Waals surface area (Å²) in [5, 5.41) is 7.75. The van der Waals surface area contributed by atoms with E-state index in [1.54, 1.807) is 30.0 Å². The summed E-state index contributed by atoms with van der Waals surface area (Å²) < 4.78 is 0.803. The highest BCUT2D eigenvalue weighted by Gasteiger charge is 2.43. The molecule has 9 heteroatoms. The van der Waals surface area contributed by atoms with Crippen LogP contribution in [0.2, 0.25) is 0 Å². The Morgan fingerprint density at radius 3 is 2.68 bits per heavy atom. The molecule has 2 atom stereocenters. The smallest absolute Gasteiger partial charge is 0.322 e. The number of anilines is 1. The van der Waals surface area contributed by atoms with Crippen LogP contribution in [-0.2, 0) is 26.5 Å². The fourth-order valence-corrected chi connectivity index (χ4v) is 4.36. The predicted molar refractivity (Wildman–Crippen MR) is 117 cm³/mol. The minimum absolute atomic E-state index is 0.0926. The summed E-state index contributed by atoms with van der Waals surface area (Å²) in [4.78, 5) is 50.5. The summed E-state index contributed by atoms with van der Waals surface area (Å²) in [5.41, 5.74) is 1.01. The van der Waals surface area contributed by atoms with E-state index in [-0.39, 0.29) is 24.8 Å². The molecule has 2 unspecified atom stereocenters. The second kappa shape index (κ2) is 8.14. The maximum Gasteiger partial charge on any atom is 0.322 e. The average molecular weight is 485 g/mol. The standard InChI is InChI=1S/C22H21BrN4O4/c1-22(20(30)25-21(31)26-22)15-6-4-5-13(9-15)11-24-19(29)14-10-18(28)27(12-14)17-8-3-2-7-16(17)23/h2-9,14H,10-12H2,1H3,(H,24,29)(H2,25,26,30,31). The molecule has 0 spiro atoms. The Morgan fingerprint density at radius 2 is 1.97 bits per heavy atom. The van der Waals surface area contributed by atoms with Crippen molar-refractivity contribution in [2.24, 2.45) is 5.92 Å². The van der Waals surface area contributed by atoms with Gasteiger partial charge in [0.1, 0.15) is 5.54 Å². The van der Waals surface area contributed by atoms with Gasteiger partial charge in [-0.2, -0.15) is 0 Å². The predicted octanol–water partition coefficient (Wildman–Crippen LogP) is 2.17. The Labute approximate surface area is 187 Å². The lowest BCUT2D eigenvalue weighted by Crippen LogP contribution is -2.40. The second-order valence-electron chi connectivity index (χ2n) is 7.81. The first-order chi connectivity index (χ1) is 14.8. The Bertz CT molecular complexity index is 1090. The molecule has 2 fully saturated rings. The zero-order valence-electron chi connectivity index (χ0n) is 16.8. The first-order valence-electron chi connectivity index (χ1n) is 9.83. The van der Waals surface area contributed by atoms with Gasteiger partial charge in [-0.25, -0.2) is 4.79 Å². The summed E-state index contributed by atoms with van der Waals surface area (Å²) in [6.45, 7) is 2.20. The number of amides is 5. The largest absolute Gasteiger partial charge is 0.352 e. The Kier molecular flexibility index (Phi) is 5.53. The number of urea groups is 1. The fourth-order valence-electron chi connectivity index (χ4n) is 3.86. The lowest BCUT2D eigenvalue weighted by molar-refractivity contribution is -0.126. The van der Waals surface area contributed by atoms with E-state index in [1.807, 2.05) is 30.3 Å². The minimum Gasteiger partial charge on any atom is -0.352 e. The third-order valence-electron chi connectivity index (χ3n) is 5.65. The van der Waals surface area contributed by atoms with Crippen LogP contribution >= 0.6 is 15.9 Å². The van der Waals surface area contributed by atoms with Crippen LogP contribution in [0.15, 0.2) is 53.0 Å². The number of hydrogen-bond donors (Lipinski definition) is 3. The minimum atomic E-state index is -1.15. The molecule has 160 valence electrons. The lowest BCUT2D eigenvalue weighted by Gasteiger charge is -2.22. The third kappa shape index (κ3) is 4.05. The molecule has 2 aliphatic rings. The third-order valence-corrected chi connectivity index (χ3v) is 6.33. The van der Waals surface area contributed by atoms with Crippen LogP contribution in [0, 0.1) is 5.92 Å². The van der Waals surface area contributed by atoms with E-state index < -0.39 is 23.4 Å². The molecule has 2 aliphatic heterocycles. The molecule has 5 amide bonds. The summed E-state index contributed by atoms with van der Waals surface area (Å²) in [7, 11) is 0. The monoisotopic (exact) mass is 484 g/mol. The summed E-state index contributed by atoms with van der Waals surface area (Å²) in [6.07, 6.45) is 0.150. The van der Waals surface area contributed by atoms with Gasteiger partial charge in [-0.3, -0.25) is 19.7 Å². The van der Waals surface area contributed by atoms with E-state index in [0.29, 0.717) is 12.1 Å². The van der Waals surface area contributed by atoms with Crippen molar-refractivity contribution < 1.29 is 19.2 Å². The average Bonchev–Trinajstić information content (AvgIpc) is 3.26. The first-order valence-corrected chi connectivity index (χ1v) is 10.6. The molecule has 2 heterocycles. The Balaban J connectivity index is 1.41. The molecular formula is C22H21BrN4O4. The Morgan fingerprint density at radius 1 is 1.19 bits per heavy atom. The van der Waals surface area contributed by atoms with E-state index in [1.165, 1.54) is 0 Å². The molecule has 31 heavy (non-hydrogen) atoms. The molecule has 0 bridgehead atoms. The highest BCUT2D eigenvalue weighted by molar-refractivity contribution is 9.10. The summed E-state index contributed by atoms with van der Waals surface area (Å²) >= 11 is 3.45. The van der Waals surface area contributed by atoms with Crippen molar-refractivity contribution in [1.29, 1.82) is 0 Å². The number of rotatable bonds is 5. The van der Waals surface area contributed by atoms with Gasteiger partial charge in [-0.05, 0) is 46.1 Å². The SMILES string of the molecule is CC1(c2cccc(CNC(=O)C3CC(=O)N(c4ccccc4Br)C3)c2)NC(=O)NC1=O. The zero-order valence-corrected chi connectivity index (χ0v) is 18.4. The van der Waals surface area contributed by atoms with Crippen LogP contribution in [-0.4, -0.2) is 30.3 Å². The molecule has 8 nitrogen and oxygen atoms in total. The van der Waals surface area contributed by atoms with Crippen molar-refractivity contribution in [3.05, 3.63) is 64.1 Å². The van der Waals surface area contributed by atoms with Crippen molar-refractivity contribution in [1.82, 2.24) is 16.0 Å². The van der Waals surface area contributed by atoms with Crippen LogP contribution in [0.5, 0.6) is 0 Å². The van der Waals surface area contributed by atoms with Crippen LogP contribution in [0.1, 0.15) is 24.5 Å². The Hall–Kier alpha value is -3.20. The second-order valence-corrected chi connectivity index (χ2v) is 8.66. The molecule has 2 aromatic rings. The van der Waals surface area contributed by atoms with Gasteiger partial charge in [0.15, 0.2) is 0 Å². The molecule has 2 aromatic carbocycles. The van der Waals surface area contributed by atoms with Crippen molar-refractivity contribution in [3.63, 3.8) is 0 Å². The number of hydrogen-bond acceptors (Lipinski definition) is 4. The van der Waals surface area contributed by atoms with E-state index in [9.17, 15) is 19.2 Å². The van der Waals surface area contributed by atoms with Crippen LogP contribution in [0.4, 0.5) is 10.5 Å². The first kappa shape index (κ1) is 21.0. The number of nitrogens with zero attached hydrogens (tertiary/aromatic N) is 1. The lowest BCUT2D eigenvalue weighted by atomic mass is 9.91. The molecule has 4 rings (SSSR count). The topological polar surface area (TPSA) is 108 Å². The van der Waals surface area contributed by atoms with Crippen molar-refractivity contribution >= 4 is 45.4 Å². The van der Waals surface area contributed by atoms with Gasteiger partial charge in [0.2, 0.25) is 11.8 Å². The highest BCUT2D eigenvalue weighted by atomic mass is 79.9. The number of halogens is 1. The molecule has 0 aliphatic carbocycles. The molecule has 0 aromatic heterocycles. The number of nitrogens with one attached hydrogen (secondary N) is 3. The van der Waals surface area contributed by atoms with E-state index in [4.69, 9.17) is 0 Å². The highest BCUT2D eigenvalue weighted by Crippen LogP contribution is 2.31. The number of carbonyl (C=O) groups is 4. The van der Waals surface area contributed by atoms with Gasteiger partial charge in [0, 0.05) is 24.0 Å². The quantitative estimate of drug-likeness (QED) is 0.565. The molecular weight excluding hydrogens is 464 g/mol. The zero-order chi connectivity index (χ0) is 22.2. The molecule has 0 saturated carbocycles. The summed E-state index contributed by atoms with van der Waals surface area (Å²) in [5.74, 6) is -1.16. The van der Waals surface area contributed by atoms with E-state index >= 15 is 0 Å². The number of para-hydroxylation sites is 1. The van der Waals surface area contributed by atoms with Crippen LogP contribution < -0.4 is 20.9 Å². The van der Waals surface area contributed by atoms with E-state index in [2.05, 4.69) is 31.9 Å². The van der Waals surface area contributed by atoms with Crippen molar-refractivity contribution in [2.75, 3.05) is 11.4 Å². The number of benzene rings is 2. The van der Waals surface area contributed by atoms with Gasteiger partial charge < -0.3 is 15.5 Å². The van der Waals surface area contributed by atoms with Crippen molar-refractivity contribution in [3.8, 4) is 0 Å². The van der Waals surface area contributed by atoms with Gasteiger partial charge in [-0.15, -0.1) is 0 Å². The van der Waals surface area contributed by atoms with Gasteiger partial charge in [-0.1, -0.05) is 36.4 Å².